The van der Waals surface area contributed by atoms with Crippen LogP contribution in [-0.4, -0.2) is 30.1 Å². The summed E-state index contributed by atoms with van der Waals surface area (Å²) in [6.45, 7) is 1.35. The summed E-state index contributed by atoms with van der Waals surface area (Å²) in [6, 6.07) is 10.2. The molecule has 0 bridgehead atoms. The van der Waals surface area contributed by atoms with E-state index in [-0.39, 0.29) is 11.7 Å². The standard InChI is InChI=1S/C16H18FNO2/c1-18-9-8-16(19,15-7-4-10-20-15)13(11-18)12-5-2-3-6-14(12)17/h2-7,10,13,19H,8-9,11H2,1H3/t13-,16+/m1/s1. The van der Waals surface area contributed by atoms with Crippen LogP contribution in [0, 0.1) is 5.82 Å². The van der Waals surface area contributed by atoms with Crippen molar-refractivity contribution in [3.05, 3.63) is 59.8 Å². The van der Waals surface area contributed by atoms with Crippen LogP contribution >= 0.6 is 0 Å². The molecule has 2 atom stereocenters. The Labute approximate surface area is 117 Å². The highest BCUT2D eigenvalue weighted by molar-refractivity contribution is 5.29. The number of nitrogens with zero attached hydrogens (tertiary/aromatic N) is 1. The van der Waals surface area contributed by atoms with Gasteiger partial charge in [-0.15, -0.1) is 0 Å². The Hall–Kier alpha value is -1.65. The van der Waals surface area contributed by atoms with Gasteiger partial charge in [0.2, 0.25) is 0 Å². The summed E-state index contributed by atoms with van der Waals surface area (Å²) in [4.78, 5) is 2.11. The largest absolute Gasteiger partial charge is 0.466 e. The van der Waals surface area contributed by atoms with E-state index in [1.807, 2.05) is 7.05 Å². The minimum absolute atomic E-state index is 0.280. The molecule has 3 rings (SSSR count). The number of furan rings is 1. The molecule has 1 saturated heterocycles. The lowest BCUT2D eigenvalue weighted by Crippen LogP contribution is -2.47. The summed E-state index contributed by atoms with van der Waals surface area (Å²) in [7, 11) is 1.98. The van der Waals surface area contributed by atoms with Crippen molar-refractivity contribution in [2.45, 2.75) is 17.9 Å². The van der Waals surface area contributed by atoms with Gasteiger partial charge in [-0.25, -0.2) is 4.39 Å². The molecule has 1 fully saturated rings. The Kier molecular flexibility index (Phi) is 3.36. The highest BCUT2D eigenvalue weighted by Gasteiger charge is 2.45. The average molecular weight is 275 g/mol. The Bertz CT molecular complexity index is 584. The van der Waals surface area contributed by atoms with E-state index in [1.54, 1.807) is 36.6 Å². The Morgan fingerprint density at radius 3 is 2.80 bits per heavy atom. The van der Waals surface area contributed by atoms with Gasteiger partial charge >= 0.3 is 0 Å². The normalized spacial score (nSPS) is 27.6. The van der Waals surface area contributed by atoms with Crippen molar-refractivity contribution in [2.75, 3.05) is 20.1 Å². The molecule has 2 heterocycles. The monoisotopic (exact) mass is 275 g/mol. The van der Waals surface area contributed by atoms with Crippen molar-refractivity contribution in [2.24, 2.45) is 0 Å². The lowest BCUT2D eigenvalue weighted by atomic mass is 9.75. The lowest BCUT2D eigenvalue weighted by molar-refractivity contribution is -0.0584. The van der Waals surface area contributed by atoms with Crippen LogP contribution in [0.3, 0.4) is 0 Å². The van der Waals surface area contributed by atoms with Crippen molar-refractivity contribution in [3.8, 4) is 0 Å². The number of halogens is 1. The Balaban J connectivity index is 2.06. The van der Waals surface area contributed by atoms with E-state index in [0.29, 0.717) is 24.3 Å². The summed E-state index contributed by atoms with van der Waals surface area (Å²) in [5.74, 6) is -0.106. The number of rotatable bonds is 2. The predicted octanol–water partition coefficient (Wildman–Crippen LogP) is 2.73. The van der Waals surface area contributed by atoms with Gasteiger partial charge in [-0.1, -0.05) is 18.2 Å². The SMILES string of the molecule is CN1CC[C@@](O)(c2ccco2)[C@@H](c2ccccc2F)C1. The van der Waals surface area contributed by atoms with Crippen LogP contribution in [0.5, 0.6) is 0 Å². The molecule has 106 valence electrons. The van der Waals surface area contributed by atoms with Gasteiger partial charge in [-0.2, -0.15) is 0 Å². The maximum Gasteiger partial charge on any atom is 0.136 e. The molecule has 1 N–H and O–H groups in total. The fourth-order valence-corrected chi connectivity index (χ4v) is 3.02. The van der Waals surface area contributed by atoms with Gasteiger partial charge in [0.05, 0.1) is 6.26 Å². The first kappa shape index (κ1) is 13.3. The van der Waals surface area contributed by atoms with Gasteiger partial charge in [0, 0.05) is 19.0 Å². The maximum absolute atomic E-state index is 14.1. The molecule has 1 aromatic carbocycles. The summed E-state index contributed by atoms with van der Waals surface area (Å²) in [5, 5.41) is 11.1. The molecule has 0 radical (unpaired) electrons. The zero-order chi connectivity index (χ0) is 14.2. The van der Waals surface area contributed by atoms with Crippen molar-refractivity contribution >= 4 is 0 Å². The van der Waals surface area contributed by atoms with Crippen LogP contribution in [0.25, 0.3) is 0 Å². The van der Waals surface area contributed by atoms with Crippen molar-refractivity contribution in [1.82, 2.24) is 4.90 Å². The zero-order valence-corrected chi connectivity index (χ0v) is 11.4. The first-order valence-electron chi connectivity index (χ1n) is 6.80. The molecule has 0 amide bonds. The fraction of sp³-hybridized carbons (Fsp3) is 0.375. The molecule has 3 nitrogen and oxygen atoms in total. The van der Waals surface area contributed by atoms with Gasteiger partial charge in [0.25, 0.3) is 0 Å². The van der Waals surface area contributed by atoms with E-state index in [4.69, 9.17) is 4.42 Å². The molecule has 20 heavy (non-hydrogen) atoms. The fourth-order valence-electron chi connectivity index (χ4n) is 3.02. The molecule has 1 aromatic heterocycles. The van der Waals surface area contributed by atoms with Gasteiger partial charge in [-0.3, -0.25) is 0 Å². The molecular weight excluding hydrogens is 257 g/mol. The number of hydrogen-bond donors (Lipinski definition) is 1. The molecule has 1 aliphatic rings. The predicted molar refractivity (Wildman–Crippen MR) is 73.9 cm³/mol. The zero-order valence-electron chi connectivity index (χ0n) is 11.4. The van der Waals surface area contributed by atoms with Crippen LogP contribution in [0.15, 0.2) is 47.1 Å². The summed E-state index contributed by atoms with van der Waals surface area (Å²) < 4.78 is 19.5. The highest BCUT2D eigenvalue weighted by Crippen LogP contribution is 2.43. The minimum atomic E-state index is -1.15. The molecule has 1 aliphatic heterocycles. The number of likely N-dealkylation sites (tertiary alicyclic amines) is 1. The summed E-state index contributed by atoms with van der Waals surface area (Å²) >= 11 is 0. The van der Waals surface area contributed by atoms with E-state index in [0.717, 1.165) is 6.54 Å². The second kappa shape index (κ2) is 5.04. The average Bonchev–Trinajstić information content (AvgIpc) is 2.97. The Morgan fingerprint density at radius 1 is 1.30 bits per heavy atom. The summed E-state index contributed by atoms with van der Waals surface area (Å²) in [5.41, 5.74) is -0.615. The third kappa shape index (κ3) is 2.15. The number of hydrogen-bond acceptors (Lipinski definition) is 3. The number of likely N-dealkylation sites (N-methyl/N-ethyl adjacent to an activating group) is 1. The third-order valence-electron chi connectivity index (χ3n) is 4.17. The van der Waals surface area contributed by atoms with Crippen molar-refractivity contribution in [3.63, 3.8) is 0 Å². The number of aliphatic hydroxyl groups is 1. The van der Waals surface area contributed by atoms with E-state index in [1.165, 1.54) is 6.07 Å². The van der Waals surface area contributed by atoms with E-state index in [2.05, 4.69) is 4.90 Å². The van der Waals surface area contributed by atoms with E-state index >= 15 is 0 Å². The molecule has 4 heteroatoms. The smallest absolute Gasteiger partial charge is 0.136 e. The molecule has 0 saturated carbocycles. The molecule has 0 spiro atoms. The lowest BCUT2D eigenvalue weighted by Gasteiger charge is -2.42. The first-order chi connectivity index (χ1) is 9.61. The maximum atomic E-state index is 14.1. The van der Waals surface area contributed by atoms with Crippen LogP contribution in [0.1, 0.15) is 23.7 Å². The van der Waals surface area contributed by atoms with Crippen LogP contribution in [0.4, 0.5) is 4.39 Å². The first-order valence-corrected chi connectivity index (χ1v) is 6.80. The van der Waals surface area contributed by atoms with E-state index < -0.39 is 5.60 Å². The van der Waals surface area contributed by atoms with Crippen LogP contribution in [0.2, 0.25) is 0 Å². The molecule has 0 aliphatic carbocycles. The second-order valence-corrected chi connectivity index (χ2v) is 5.49. The number of benzene rings is 1. The second-order valence-electron chi connectivity index (χ2n) is 5.49. The molecular formula is C16H18FNO2. The number of piperidine rings is 1. The van der Waals surface area contributed by atoms with Gasteiger partial charge in [-0.05, 0) is 37.2 Å². The van der Waals surface area contributed by atoms with Gasteiger partial charge < -0.3 is 14.4 Å². The van der Waals surface area contributed by atoms with Gasteiger partial charge in [0.15, 0.2) is 0 Å². The quantitative estimate of drug-likeness (QED) is 0.915. The van der Waals surface area contributed by atoms with Crippen molar-refractivity contribution < 1.29 is 13.9 Å². The summed E-state index contributed by atoms with van der Waals surface area (Å²) in [6.07, 6.45) is 2.07. The Morgan fingerprint density at radius 2 is 2.10 bits per heavy atom. The van der Waals surface area contributed by atoms with Gasteiger partial charge in [0.1, 0.15) is 17.2 Å². The molecule has 2 aromatic rings. The molecule has 0 unspecified atom stereocenters. The minimum Gasteiger partial charge on any atom is -0.466 e. The van der Waals surface area contributed by atoms with Crippen LogP contribution < -0.4 is 0 Å². The van der Waals surface area contributed by atoms with E-state index in [9.17, 15) is 9.50 Å². The van der Waals surface area contributed by atoms with Crippen LogP contribution in [-0.2, 0) is 5.60 Å². The highest BCUT2D eigenvalue weighted by atomic mass is 19.1. The van der Waals surface area contributed by atoms with Crippen molar-refractivity contribution in [1.29, 1.82) is 0 Å². The third-order valence-corrected chi connectivity index (χ3v) is 4.17. The topological polar surface area (TPSA) is 36.6 Å².